The number of anilines is 1. The van der Waals surface area contributed by atoms with Crippen LogP contribution in [-0.4, -0.2) is 35.4 Å². The Labute approximate surface area is 173 Å². The molecule has 2 bridgehead atoms. The van der Waals surface area contributed by atoms with E-state index < -0.39 is 23.7 Å². The van der Waals surface area contributed by atoms with E-state index in [2.05, 4.69) is 37.2 Å². The van der Waals surface area contributed by atoms with Gasteiger partial charge in [-0.15, -0.1) is 0 Å². The zero-order chi connectivity index (χ0) is 19.5. The summed E-state index contributed by atoms with van der Waals surface area (Å²) < 4.78 is 11.6. The monoisotopic (exact) mass is 499 g/mol. The van der Waals surface area contributed by atoms with Gasteiger partial charge in [0, 0.05) is 16.1 Å². The summed E-state index contributed by atoms with van der Waals surface area (Å²) >= 11 is 7.01. The Bertz CT molecular complexity index is 842. The number of halogens is 2. The number of carbonyl (C=O) groups is 3. The lowest BCUT2D eigenvalue weighted by Crippen LogP contribution is -2.39. The zero-order valence-electron chi connectivity index (χ0n) is 14.8. The highest BCUT2D eigenvalue weighted by Gasteiger charge is 2.68. The Morgan fingerprint density at radius 3 is 2.74 bits per heavy atom. The van der Waals surface area contributed by atoms with Gasteiger partial charge >= 0.3 is 11.9 Å². The lowest BCUT2D eigenvalue weighted by molar-refractivity contribution is -0.157. The van der Waals surface area contributed by atoms with Gasteiger partial charge in [0.15, 0.2) is 6.61 Å². The zero-order valence-corrected chi connectivity index (χ0v) is 18.0. The first-order valence-corrected chi connectivity index (χ1v) is 10.6. The lowest BCUT2D eigenvalue weighted by atomic mass is 9.80. The van der Waals surface area contributed by atoms with Crippen molar-refractivity contribution in [2.45, 2.75) is 31.2 Å². The molecule has 0 spiro atoms. The third kappa shape index (κ3) is 3.01. The van der Waals surface area contributed by atoms with E-state index in [1.54, 1.807) is 6.07 Å². The summed E-state index contributed by atoms with van der Waals surface area (Å²) in [4.78, 5) is 36.9. The normalized spacial score (nSPS) is 33.1. The Morgan fingerprint density at radius 1 is 1.26 bits per heavy atom. The number of nitrogens with one attached hydrogen (secondary N) is 1. The van der Waals surface area contributed by atoms with Crippen molar-refractivity contribution in [3.05, 3.63) is 27.7 Å². The van der Waals surface area contributed by atoms with Gasteiger partial charge < -0.3 is 14.8 Å². The van der Waals surface area contributed by atoms with Gasteiger partial charge in [0.2, 0.25) is 0 Å². The van der Waals surface area contributed by atoms with Gasteiger partial charge in [-0.05, 0) is 49.4 Å². The summed E-state index contributed by atoms with van der Waals surface area (Å²) in [7, 11) is 0. The number of esters is 2. The second kappa shape index (κ2) is 6.88. The molecular weight excluding hydrogens is 482 g/mol. The molecule has 1 amide bonds. The molecule has 2 saturated carbocycles. The highest BCUT2D eigenvalue weighted by atomic mass is 79.9. The fourth-order valence-corrected chi connectivity index (χ4v) is 6.11. The van der Waals surface area contributed by atoms with E-state index in [9.17, 15) is 14.4 Å². The molecule has 144 valence electrons. The third-order valence-electron chi connectivity index (χ3n) is 6.14. The van der Waals surface area contributed by atoms with Crippen LogP contribution in [0.2, 0.25) is 0 Å². The third-order valence-corrected chi connectivity index (χ3v) is 8.20. The Morgan fingerprint density at radius 2 is 2.00 bits per heavy atom. The molecule has 1 heterocycles. The van der Waals surface area contributed by atoms with Gasteiger partial charge in [0.05, 0.1) is 16.7 Å². The van der Waals surface area contributed by atoms with Crippen molar-refractivity contribution in [2.75, 3.05) is 11.9 Å². The van der Waals surface area contributed by atoms with Crippen LogP contribution in [0.4, 0.5) is 5.69 Å². The SMILES string of the molecule is Cc1c(Br)ccc(NC(=O)COC(=O)[C@@H]2[C@H]3C[C@H]4[C@H](OC(=O)[C@@H]42)[C@@H]3Br)c1C. The van der Waals surface area contributed by atoms with Crippen molar-refractivity contribution in [2.24, 2.45) is 23.7 Å². The number of hydrogen-bond acceptors (Lipinski definition) is 5. The van der Waals surface area contributed by atoms with Crippen molar-refractivity contribution in [3.63, 3.8) is 0 Å². The maximum atomic E-state index is 12.6. The first kappa shape index (κ1) is 18.9. The van der Waals surface area contributed by atoms with Crippen molar-refractivity contribution in [3.8, 4) is 0 Å². The number of fused-ring (bicyclic) bond motifs is 1. The standard InChI is InChI=1S/C19H19Br2NO5/c1-7-8(2)12(4-3-11(7)20)22-13(23)6-26-18(24)14-9-5-10-15(14)19(25)27-17(10)16(9)21/h3-4,9-10,14-17H,5-6H2,1-2H3,(H,22,23)/t9-,10-,14-,15+,16-,17+/m1/s1. The molecule has 3 aliphatic rings. The van der Waals surface area contributed by atoms with Crippen molar-refractivity contribution in [1.29, 1.82) is 0 Å². The van der Waals surface area contributed by atoms with Gasteiger partial charge in [0.25, 0.3) is 5.91 Å². The Kier molecular flexibility index (Phi) is 4.83. The summed E-state index contributed by atoms with van der Waals surface area (Å²) in [5.41, 5.74) is 2.66. The van der Waals surface area contributed by atoms with E-state index in [0.29, 0.717) is 5.69 Å². The molecule has 0 aromatic heterocycles. The molecule has 2 aliphatic carbocycles. The van der Waals surface area contributed by atoms with Crippen LogP contribution in [0.3, 0.4) is 0 Å². The Balaban J connectivity index is 1.38. The minimum absolute atomic E-state index is 0.0170. The van der Waals surface area contributed by atoms with Crippen LogP contribution in [-0.2, 0) is 23.9 Å². The summed E-state index contributed by atoms with van der Waals surface area (Å²) in [6, 6.07) is 3.66. The van der Waals surface area contributed by atoms with Crippen LogP contribution in [0.15, 0.2) is 16.6 Å². The Hall–Kier alpha value is -1.41. The van der Waals surface area contributed by atoms with E-state index in [-0.39, 0.29) is 35.3 Å². The van der Waals surface area contributed by atoms with Crippen molar-refractivity contribution in [1.82, 2.24) is 0 Å². The quantitative estimate of drug-likeness (QED) is 0.507. The number of amides is 1. The molecule has 1 aliphatic heterocycles. The minimum Gasteiger partial charge on any atom is -0.461 e. The predicted molar refractivity (Wildman–Crippen MR) is 104 cm³/mol. The van der Waals surface area contributed by atoms with Gasteiger partial charge in [-0.2, -0.15) is 0 Å². The largest absolute Gasteiger partial charge is 0.461 e. The van der Waals surface area contributed by atoms with E-state index in [0.717, 1.165) is 22.0 Å². The van der Waals surface area contributed by atoms with E-state index in [1.807, 2.05) is 19.9 Å². The van der Waals surface area contributed by atoms with Gasteiger partial charge in [0.1, 0.15) is 6.10 Å². The number of ether oxygens (including phenoxy) is 2. The number of hydrogen-bond donors (Lipinski definition) is 1. The molecule has 6 atom stereocenters. The van der Waals surface area contributed by atoms with Crippen LogP contribution < -0.4 is 5.32 Å². The lowest BCUT2D eigenvalue weighted by Gasteiger charge is -2.26. The van der Waals surface area contributed by atoms with Gasteiger partial charge in [-0.25, -0.2) is 0 Å². The van der Waals surface area contributed by atoms with E-state index >= 15 is 0 Å². The maximum absolute atomic E-state index is 12.6. The fraction of sp³-hybridized carbons (Fsp3) is 0.526. The van der Waals surface area contributed by atoms with Gasteiger partial charge in [-0.1, -0.05) is 31.9 Å². The molecule has 1 aromatic rings. The molecule has 8 heteroatoms. The van der Waals surface area contributed by atoms with E-state index in [1.165, 1.54) is 0 Å². The molecule has 1 saturated heterocycles. The van der Waals surface area contributed by atoms with Crippen LogP contribution in [0.1, 0.15) is 17.5 Å². The number of rotatable bonds is 4. The predicted octanol–water partition coefficient (Wildman–Crippen LogP) is 3.12. The number of alkyl halides is 1. The van der Waals surface area contributed by atoms with E-state index in [4.69, 9.17) is 9.47 Å². The number of benzene rings is 1. The molecule has 1 N–H and O–H groups in total. The second-order valence-electron chi connectivity index (χ2n) is 7.46. The molecule has 0 radical (unpaired) electrons. The van der Waals surface area contributed by atoms with Crippen molar-refractivity contribution >= 4 is 55.4 Å². The molecule has 27 heavy (non-hydrogen) atoms. The van der Waals surface area contributed by atoms with Crippen LogP contribution in [0.25, 0.3) is 0 Å². The summed E-state index contributed by atoms with van der Waals surface area (Å²) in [6.45, 7) is 3.49. The molecule has 4 rings (SSSR count). The minimum atomic E-state index is -0.532. The first-order valence-electron chi connectivity index (χ1n) is 8.86. The summed E-state index contributed by atoms with van der Waals surface area (Å²) in [6.07, 6.45) is 0.642. The highest BCUT2D eigenvalue weighted by molar-refractivity contribution is 9.10. The summed E-state index contributed by atoms with van der Waals surface area (Å²) in [5, 5.41) is 2.77. The average molecular weight is 501 g/mol. The molecule has 3 fully saturated rings. The highest BCUT2D eigenvalue weighted by Crippen LogP contribution is 2.60. The molecule has 6 nitrogen and oxygen atoms in total. The maximum Gasteiger partial charge on any atom is 0.310 e. The van der Waals surface area contributed by atoms with Crippen LogP contribution in [0.5, 0.6) is 0 Å². The topological polar surface area (TPSA) is 81.7 Å². The summed E-state index contributed by atoms with van der Waals surface area (Å²) in [5.74, 6) is -2.08. The average Bonchev–Trinajstić information content (AvgIpc) is 3.24. The van der Waals surface area contributed by atoms with Crippen LogP contribution >= 0.6 is 31.9 Å². The molecular formula is C19H19Br2NO5. The second-order valence-corrected chi connectivity index (χ2v) is 9.37. The number of carbonyl (C=O) groups excluding carboxylic acids is 3. The molecule has 1 aromatic carbocycles. The van der Waals surface area contributed by atoms with Crippen LogP contribution in [0, 0.1) is 37.5 Å². The smallest absolute Gasteiger partial charge is 0.310 e. The van der Waals surface area contributed by atoms with Gasteiger partial charge in [-0.3, -0.25) is 14.4 Å². The first-order chi connectivity index (χ1) is 12.8. The fourth-order valence-electron chi connectivity index (χ4n) is 4.64. The molecule has 0 unspecified atom stereocenters. The van der Waals surface area contributed by atoms with Crippen molar-refractivity contribution < 1.29 is 23.9 Å².